The van der Waals surface area contributed by atoms with Crippen molar-refractivity contribution in [2.24, 2.45) is 0 Å². The summed E-state index contributed by atoms with van der Waals surface area (Å²) in [6.07, 6.45) is 1.98. The minimum Gasteiger partial charge on any atom is -0.494 e. The van der Waals surface area contributed by atoms with Crippen molar-refractivity contribution in [1.82, 2.24) is 9.97 Å². The van der Waals surface area contributed by atoms with Crippen molar-refractivity contribution in [1.29, 1.82) is 0 Å². The molecule has 7 heteroatoms. The van der Waals surface area contributed by atoms with E-state index in [-0.39, 0.29) is 12.3 Å². The quantitative estimate of drug-likeness (QED) is 0.355. The summed E-state index contributed by atoms with van der Waals surface area (Å²) >= 11 is 7.83. The molecular formula is C24H22ClN3O2S. The van der Waals surface area contributed by atoms with Crippen LogP contribution in [0.2, 0.25) is 5.02 Å². The number of amides is 1. The van der Waals surface area contributed by atoms with E-state index in [0.717, 1.165) is 32.8 Å². The van der Waals surface area contributed by atoms with Crippen LogP contribution in [-0.4, -0.2) is 22.5 Å². The smallest absolute Gasteiger partial charge is 0.233 e. The predicted molar refractivity (Wildman–Crippen MR) is 126 cm³/mol. The number of carbonyl (C=O) groups excluding carboxylic acids is 1. The summed E-state index contributed by atoms with van der Waals surface area (Å²) < 4.78 is 6.38. The largest absolute Gasteiger partial charge is 0.494 e. The molecule has 0 atom stereocenters. The van der Waals surface area contributed by atoms with Gasteiger partial charge in [-0.2, -0.15) is 0 Å². The second-order valence-electron chi connectivity index (χ2n) is 7.09. The molecule has 4 rings (SSSR count). The van der Waals surface area contributed by atoms with Crippen LogP contribution in [0.25, 0.3) is 10.2 Å². The lowest BCUT2D eigenvalue weighted by molar-refractivity contribution is -0.118. The van der Waals surface area contributed by atoms with Crippen LogP contribution < -0.4 is 9.64 Å². The first-order chi connectivity index (χ1) is 15.0. The molecule has 0 unspecified atom stereocenters. The number of aromatic nitrogens is 2. The van der Waals surface area contributed by atoms with Crippen LogP contribution in [0.3, 0.4) is 0 Å². The summed E-state index contributed by atoms with van der Waals surface area (Å²) in [5.41, 5.74) is 3.56. The molecule has 2 heterocycles. The van der Waals surface area contributed by atoms with E-state index < -0.39 is 0 Å². The number of thiazole rings is 1. The Labute approximate surface area is 190 Å². The van der Waals surface area contributed by atoms with Crippen LogP contribution in [0, 0.1) is 6.92 Å². The van der Waals surface area contributed by atoms with Crippen molar-refractivity contribution in [3.8, 4) is 5.75 Å². The molecule has 0 bridgehead atoms. The summed E-state index contributed by atoms with van der Waals surface area (Å²) in [5, 5.41) is 1.26. The molecule has 0 spiro atoms. The number of hydrogen-bond acceptors (Lipinski definition) is 5. The van der Waals surface area contributed by atoms with Crippen molar-refractivity contribution >= 4 is 44.2 Å². The van der Waals surface area contributed by atoms with Crippen molar-refractivity contribution in [2.45, 2.75) is 26.8 Å². The Kier molecular flexibility index (Phi) is 6.49. The summed E-state index contributed by atoms with van der Waals surface area (Å²) in [4.78, 5) is 24.2. The number of benzene rings is 2. The second kappa shape index (κ2) is 9.45. The predicted octanol–water partition coefficient (Wildman–Crippen LogP) is 5.83. The maximum atomic E-state index is 13.4. The third kappa shape index (κ3) is 4.86. The molecule has 158 valence electrons. The number of pyridine rings is 1. The lowest BCUT2D eigenvalue weighted by atomic mass is 10.1. The van der Waals surface area contributed by atoms with Crippen LogP contribution in [0.15, 0.2) is 60.8 Å². The Morgan fingerprint density at radius 3 is 2.61 bits per heavy atom. The van der Waals surface area contributed by atoms with Crippen LogP contribution in [0.1, 0.15) is 23.7 Å². The maximum Gasteiger partial charge on any atom is 0.233 e. The van der Waals surface area contributed by atoms with E-state index in [1.54, 1.807) is 11.1 Å². The molecule has 0 fully saturated rings. The third-order valence-corrected chi connectivity index (χ3v) is 6.39. The normalized spacial score (nSPS) is 10.9. The summed E-state index contributed by atoms with van der Waals surface area (Å²) in [6.45, 7) is 4.88. The van der Waals surface area contributed by atoms with E-state index >= 15 is 0 Å². The average Bonchev–Trinajstić information content (AvgIpc) is 3.23. The number of halogens is 1. The van der Waals surface area contributed by atoms with Crippen LogP contribution in [0.4, 0.5) is 5.13 Å². The van der Waals surface area contributed by atoms with E-state index in [9.17, 15) is 4.79 Å². The van der Waals surface area contributed by atoms with Crippen LogP contribution in [0.5, 0.6) is 5.75 Å². The number of fused-ring (bicyclic) bond motifs is 1. The SMILES string of the molecule is CCOc1ccc(CC(=O)N(Cc2ccccn2)c2nc3c(C)ccc(Cl)c3s2)cc1. The minimum absolute atomic E-state index is 0.0531. The zero-order valence-electron chi connectivity index (χ0n) is 17.3. The lowest BCUT2D eigenvalue weighted by Gasteiger charge is -2.19. The maximum absolute atomic E-state index is 13.4. The molecule has 4 aromatic rings. The molecule has 1 amide bonds. The van der Waals surface area contributed by atoms with E-state index in [1.165, 1.54) is 11.3 Å². The fraction of sp³-hybridized carbons (Fsp3) is 0.208. The van der Waals surface area contributed by atoms with Crippen molar-refractivity contribution < 1.29 is 9.53 Å². The molecule has 0 saturated heterocycles. The fourth-order valence-electron chi connectivity index (χ4n) is 3.26. The summed E-state index contributed by atoms with van der Waals surface area (Å²) in [5.74, 6) is 0.739. The van der Waals surface area contributed by atoms with Crippen molar-refractivity contribution in [3.63, 3.8) is 0 Å². The number of rotatable bonds is 7. The Morgan fingerprint density at radius 2 is 1.94 bits per heavy atom. The number of aryl methyl sites for hydroxylation is 1. The molecule has 31 heavy (non-hydrogen) atoms. The topological polar surface area (TPSA) is 55.3 Å². The monoisotopic (exact) mass is 451 g/mol. The Hall–Kier alpha value is -2.96. The molecule has 2 aromatic carbocycles. The molecular weight excluding hydrogens is 430 g/mol. The van der Waals surface area contributed by atoms with Crippen molar-refractivity contribution in [2.75, 3.05) is 11.5 Å². The second-order valence-corrected chi connectivity index (χ2v) is 8.48. The van der Waals surface area contributed by atoms with E-state index in [2.05, 4.69) is 4.98 Å². The standard InChI is InChI=1S/C24H22ClN3O2S/c1-3-30-19-10-8-17(9-11-19)14-21(29)28(15-18-6-4-5-13-26-18)24-27-22-16(2)7-12-20(25)23(22)31-24/h4-13H,3,14-15H2,1-2H3. The highest BCUT2D eigenvalue weighted by Crippen LogP contribution is 2.36. The van der Waals surface area contributed by atoms with Gasteiger partial charge < -0.3 is 4.74 Å². The summed E-state index contributed by atoms with van der Waals surface area (Å²) in [7, 11) is 0. The first-order valence-electron chi connectivity index (χ1n) is 10.0. The van der Waals surface area contributed by atoms with Gasteiger partial charge in [0.25, 0.3) is 0 Å². The van der Waals surface area contributed by atoms with E-state index in [0.29, 0.717) is 23.3 Å². The highest BCUT2D eigenvalue weighted by molar-refractivity contribution is 7.23. The molecule has 0 aliphatic heterocycles. The molecule has 2 aromatic heterocycles. The zero-order chi connectivity index (χ0) is 21.8. The third-order valence-electron chi connectivity index (χ3n) is 4.85. The first kappa shape index (κ1) is 21.3. The number of anilines is 1. The van der Waals surface area contributed by atoms with Gasteiger partial charge in [-0.15, -0.1) is 0 Å². The molecule has 0 aliphatic carbocycles. The Bertz CT molecular complexity index is 1150. The van der Waals surface area contributed by atoms with Crippen LogP contribution >= 0.6 is 22.9 Å². The van der Waals surface area contributed by atoms with Gasteiger partial charge in [0.1, 0.15) is 5.75 Å². The van der Waals surface area contributed by atoms with E-state index in [1.807, 2.05) is 68.4 Å². The Morgan fingerprint density at radius 1 is 1.13 bits per heavy atom. The number of ether oxygens (including phenoxy) is 1. The Balaban J connectivity index is 1.66. The average molecular weight is 452 g/mol. The molecule has 0 saturated carbocycles. The van der Waals surface area contributed by atoms with Gasteiger partial charge in [0.15, 0.2) is 5.13 Å². The first-order valence-corrected chi connectivity index (χ1v) is 11.2. The van der Waals surface area contributed by atoms with Gasteiger partial charge in [0, 0.05) is 6.20 Å². The summed E-state index contributed by atoms with van der Waals surface area (Å²) in [6, 6.07) is 17.1. The number of hydrogen-bond donors (Lipinski definition) is 0. The van der Waals surface area contributed by atoms with E-state index in [4.69, 9.17) is 21.3 Å². The zero-order valence-corrected chi connectivity index (χ0v) is 18.9. The van der Waals surface area contributed by atoms with Gasteiger partial charge in [-0.05, 0) is 55.3 Å². The fourth-order valence-corrected chi connectivity index (χ4v) is 4.60. The minimum atomic E-state index is -0.0531. The van der Waals surface area contributed by atoms with Gasteiger partial charge in [-0.1, -0.05) is 47.2 Å². The highest BCUT2D eigenvalue weighted by atomic mass is 35.5. The number of nitrogens with zero attached hydrogens (tertiary/aromatic N) is 3. The van der Waals surface area contributed by atoms with Gasteiger partial charge in [0.2, 0.25) is 5.91 Å². The van der Waals surface area contributed by atoms with Gasteiger partial charge in [-0.3, -0.25) is 14.7 Å². The van der Waals surface area contributed by atoms with Gasteiger partial charge in [-0.25, -0.2) is 4.98 Å². The van der Waals surface area contributed by atoms with Gasteiger partial charge >= 0.3 is 0 Å². The molecule has 0 N–H and O–H groups in total. The van der Waals surface area contributed by atoms with Crippen molar-refractivity contribution in [3.05, 3.63) is 82.6 Å². The molecule has 0 radical (unpaired) electrons. The lowest BCUT2D eigenvalue weighted by Crippen LogP contribution is -2.32. The highest BCUT2D eigenvalue weighted by Gasteiger charge is 2.22. The molecule has 0 aliphatic rings. The molecule has 5 nitrogen and oxygen atoms in total. The number of carbonyl (C=O) groups is 1. The van der Waals surface area contributed by atoms with Crippen LogP contribution in [-0.2, 0) is 17.8 Å². The van der Waals surface area contributed by atoms with Gasteiger partial charge in [0.05, 0.1) is 40.5 Å².